The van der Waals surface area contributed by atoms with Crippen molar-refractivity contribution in [2.45, 2.75) is 33.1 Å². The van der Waals surface area contributed by atoms with E-state index in [1.807, 2.05) is 0 Å². The van der Waals surface area contributed by atoms with Crippen molar-refractivity contribution in [1.29, 1.82) is 5.41 Å². The third-order valence-electron chi connectivity index (χ3n) is 2.40. The van der Waals surface area contributed by atoms with Crippen molar-refractivity contribution in [2.75, 3.05) is 0 Å². The van der Waals surface area contributed by atoms with Gasteiger partial charge in [-0.25, -0.2) is 0 Å². The minimum absolute atomic E-state index is 0.603. The van der Waals surface area contributed by atoms with Gasteiger partial charge in [-0.2, -0.15) is 0 Å². The summed E-state index contributed by atoms with van der Waals surface area (Å²) in [7, 11) is 0. The molecule has 0 aromatic carbocycles. The third-order valence-corrected chi connectivity index (χ3v) is 2.40. The summed E-state index contributed by atoms with van der Waals surface area (Å²) in [6.45, 7) is 4.46. The van der Waals surface area contributed by atoms with Crippen molar-refractivity contribution < 1.29 is 0 Å². The van der Waals surface area contributed by atoms with E-state index in [1.54, 1.807) is 0 Å². The topological polar surface area (TPSA) is 23.9 Å². The molecule has 0 aromatic rings. The lowest BCUT2D eigenvalue weighted by Crippen LogP contribution is -2.00. The summed E-state index contributed by atoms with van der Waals surface area (Å²) in [5.74, 6) is 0.603. The van der Waals surface area contributed by atoms with Crippen LogP contribution in [0.25, 0.3) is 0 Å². The van der Waals surface area contributed by atoms with E-state index in [1.165, 1.54) is 23.8 Å². The zero-order valence-electron chi connectivity index (χ0n) is 9.09. The highest BCUT2D eigenvalue weighted by molar-refractivity contribution is 5.56. The van der Waals surface area contributed by atoms with Crippen LogP contribution in [0, 0.1) is 11.3 Å². The summed E-state index contributed by atoms with van der Waals surface area (Å²) in [6.07, 6.45) is 13.3. The Labute approximate surface area is 86.7 Å². The van der Waals surface area contributed by atoms with Gasteiger partial charge in [0.15, 0.2) is 0 Å². The van der Waals surface area contributed by atoms with Crippen molar-refractivity contribution in [3.63, 3.8) is 0 Å². The Bertz CT molecular complexity index is 280. The molecule has 0 amide bonds. The van der Waals surface area contributed by atoms with E-state index in [4.69, 9.17) is 5.41 Å². The molecule has 1 rings (SSSR count). The molecule has 0 atom stereocenters. The molecule has 1 heteroatoms. The van der Waals surface area contributed by atoms with Gasteiger partial charge in [0.2, 0.25) is 0 Å². The van der Waals surface area contributed by atoms with Crippen molar-refractivity contribution >= 4 is 6.21 Å². The van der Waals surface area contributed by atoms with Gasteiger partial charge in [-0.1, -0.05) is 38.2 Å². The van der Waals surface area contributed by atoms with Crippen LogP contribution < -0.4 is 0 Å². The number of nitrogens with one attached hydrogen (secondary N) is 1. The van der Waals surface area contributed by atoms with Gasteiger partial charge >= 0.3 is 0 Å². The van der Waals surface area contributed by atoms with E-state index in [2.05, 4.69) is 38.2 Å². The smallest absolute Gasteiger partial charge is 0.000315 e. The monoisotopic (exact) mass is 189 g/mol. The highest BCUT2D eigenvalue weighted by Gasteiger charge is 2.09. The Balaban J connectivity index is 2.70. The molecule has 1 nitrogen and oxygen atoms in total. The quantitative estimate of drug-likeness (QED) is 0.649. The zero-order valence-corrected chi connectivity index (χ0v) is 9.09. The van der Waals surface area contributed by atoms with Gasteiger partial charge in [-0.3, -0.25) is 0 Å². The van der Waals surface area contributed by atoms with Crippen LogP contribution in [0.1, 0.15) is 33.1 Å². The van der Waals surface area contributed by atoms with Crippen LogP contribution in [-0.4, -0.2) is 6.21 Å². The number of hydrogen-bond acceptors (Lipinski definition) is 1. The van der Waals surface area contributed by atoms with Crippen molar-refractivity contribution in [3.8, 4) is 0 Å². The zero-order chi connectivity index (χ0) is 10.4. The van der Waals surface area contributed by atoms with Crippen LogP contribution in [0.2, 0.25) is 0 Å². The summed E-state index contributed by atoms with van der Waals surface area (Å²) < 4.78 is 0. The van der Waals surface area contributed by atoms with Crippen LogP contribution in [0.3, 0.4) is 0 Å². The Hall–Kier alpha value is -1.11. The van der Waals surface area contributed by atoms with Crippen LogP contribution in [0.4, 0.5) is 0 Å². The molecular weight excluding hydrogens is 170 g/mol. The van der Waals surface area contributed by atoms with Crippen LogP contribution >= 0.6 is 0 Å². The SMILES string of the molecule is CC(C)C1=CCCC=C1/C=C\CC=N. The molecule has 0 aliphatic heterocycles. The van der Waals surface area contributed by atoms with Crippen LogP contribution in [-0.2, 0) is 0 Å². The second kappa shape index (κ2) is 5.58. The van der Waals surface area contributed by atoms with E-state index >= 15 is 0 Å². The Morgan fingerprint density at radius 1 is 1.36 bits per heavy atom. The van der Waals surface area contributed by atoms with Crippen molar-refractivity contribution in [2.24, 2.45) is 5.92 Å². The largest absolute Gasteiger partial charge is 0.313 e. The lowest BCUT2D eigenvalue weighted by atomic mass is 9.89. The fourth-order valence-electron chi connectivity index (χ4n) is 1.71. The predicted molar refractivity (Wildman–Crippen MR) is 62.8 cm³/mol. The predicted octanol–water partition coefficient (Wildman–Crippen LogP) is 3.88. The van der Waals surface area contributed by atoms with Gasteiger partial charge in [0.25, 0.3) is 0 Å². The lowest BCUT2D eigenvalue weighted by Gasteiger charge is -2.16. The Kier molecular flexibility index (Phi) is 4.37. The van der Waals surface area contributed by atoms with Gasteiger partial charge in [-0.15, -0.1) is 0 Å². The molecule has 0 bridgehead atoms. The maximum atomic E-state index is 6.94. The molecule has 0 radical (unpaired) electrons. The second-order valence-electron chi connectivity index (χ2n) is 3.89. The standard InChI is InChI=1S/C13H19N/c1-11(2)13-9-4-3-7-12(13)8-5-6-10-14/h5,7-11,14H,3-4,6H2,1-2H3/b8-5-,14-10?. The normalized spacial score (nSPS) is 17.1. The third kappa shape index (κ3) is 2.99. The summed E-state index contributed by atoms with van der Waals surface area (Å²) in [6, 6.07) is 0. The molecular formula is C13H19N. The molecule has 0 unspecified atom stereocenters. The maximum absolute atomic E-state index is 6.94. The van der Waals surface area contributed by atoms with Gasteiger partial charge in [0.05, 0.1) is 0 Å². The number of hydrogen-bond donors (Lipinski definition) is 1. The summed E-state index contributed by atoms with van der Waals surface area (Å²) in [5, 5.41) is 6.94. The second-order valence-corrected chi connectivity index (χ2v) is 3.89. The Morgan fingerprint density at radius 3 is 2.71 bits per heavy atom. The van der Waals surface area contributed by atoms with Crippen molar-refractivity contribution in [1.82, 2.24) is 0 Å². The molecule has 1 aliphatic carbocycles. The van der Waals surface area contributed by atoms with E-state index in [0.29, 0.717) is 5.92 Å². The molecule has 14 heavy (non-hydrogen) atoms. The first-order valence-corrected chi connectivity index (χ1v) is 5.31. The van der Waals surface area contributed by atoms with E-state index in [0.717, 1.165) is 12.8 Å². The minimum Gasteiger partial charge on any atom is -0.313 e. The first kappa shape index (κ1) is 11.0. The molecule has 1 aliphatic rings. The summed E-state index contributed by atoms with van der Waals surface area (Å²) in [5.41, 5.74) is 2.81. The highest BCUT2D eigenvalue weighted by atomic mass is 14.3. The average Bonchev–Trinajstić information content (AvgIpc) is 2.19. The van der Waals surface area contributed by atoms with Crippen LogP contribution in [0.5, 0.6) is 0 Å². The lowest BCUT2D eigenvalue weighted by molar-refractivity contribution is 0.763. The molecule has 76 valence electrons. The van der Waals surface area contributed by atoms with E-state index in [-0.39, 0.29) is 0 Å². The summed E-state index contributed by atoms with van der Waals surface area (Å²) in [4.78, 5) is 0. The molecule has 0 heterocycles. The van der Waals surface area contributed by atoms with Gasteiger partial charge in [0, 0.05) is 6.42 Å². The molecule has 0 fully saturated rings. The van der Waals surface area contributed by atoms with Crippen molar-refractivity contribution in [3.05, 3.63) is 35.5 Å². The molecule has 0 spiro atoms. The minimum atomic E-state index is 0.603. The van der Waals surface area contributed by atoms with Gasteiger partial charge in [-0.05, 0) is 36.1 Å². The van der Waals surface area contributed by atoms with Gasteiger partial charge in [0.1, 0.15) is 0 Å². The average molecular weight is 189 g/mol. The summed E-state index contributed by atoms with van der Waals surface area (Å²) >= 11 is 0. The van der Waals surface area contributed by atoms with Gasteiger partial charge < -0.3 is 5.41 Å². The highest BCUT2D eigenvalue weighted by Crippen LogP contribution is 2.26. The fourth-order valence-corrected chi connectivity index (χ4v) is 1.71. The Morgan fingerprint density at radius 2 is 2.07 bits per heavy atom. The fraction of sp³-hybridized carbons (Fsp3) is 0.462. The molecule has 0 saturated heterocycles. The first-order chi connectivity index (χ1) is 6.75. The maximum Gasteiger partial charge on any atom is 0.000315 e. The molecule has 0 aromatic heterocycles. The van der Waals surface area contributed by atoms with E-state index < -0.39 is 0 Å². The van der Waals surface area contributed by atoms with E-state index in [9.17, 15) is 0 Å². The number of rotatable bonds is 4. The number of allylic oxidation sites excluding steroid dienone is 6. The first-order valence-electron chi connectivity index (χ1n) is 5.31. The van der Waals surface area contributed by atoms with Crippen LogP contribution in [0.15, 0.2) is 35.5 Å². The molecule has 0 saturated carbocycles. The molecule has 1 N–H and O–H groups in total.